The fraction of sp³-hybridized carbons (Fsp3) is 0.500. The van der Waals surface area contributed by atoms with E-state index in [0.29, 0.717) is 17.4 Å². The van der Waals surface area contributed by atoms with Gasteiger partial charge >= 0.3 is 0 Å². The van der Waals surface area contributed by atoms with E-state index in [-0.39, 0.29) is 0 Å². The smallest absolute Gasteiger partial charge is 0.216 e. The molecule has 2 rings (SSSR count). The van der Waals surface area contributed by atoms with Crippen molar-refractivity contribution < 1.29 is 4.74 Å². The van der Waals surface area contributed by atoms with Crippen LogP contribution in [0.25, 0.3) is 0 Å². The van der Waals surface area contributed by atoms with Gasteiger partial charge in [-0.2, -0.15) is 11.8 Å². The zero-order chi connectivity index (χ0) is 12.3. The number of benzene rings is 1. The van der Waals surface area contributed by atoms with Gasteiger partial charge in [0, 0.05) is 16.1 Å². The molecule has 3 heteroatoms. The lowest BCUT2D eigenvalue weighted by atomic mass is 10.2. The van der Waals surface area contributed by atoms with Gasteiger partial charge in [0.2, 0.25) is 5.90 Å². The zero-order valence-corrected chi connectivity index (χ0v) is 11.5. The summed E-state index contributed by atoms with van der Waals surface area (Å²) in [5.74, 6) is 1.82. The highest BCUT2D eigenvalue weighted by molar-refractivity contribution is 8.00. The van der Waals surface area contributed by atoms with Gasteiger partial charge in [-0.3, -0.25) is 0 Å². The summed E-state index contributed by atoms with van der Waals surface area (Å²) < 4.78 is 5.95. The molecule has 0 radical (unpaired) electrons. The molecule has 1 atom stereocenters. The van der Waals surface area contributed by atoms with Crippen LogP contribution >= 0.6 is 11.8 Å². The molecule has 0 aromatic heterocycles. The molecular formula is C14H19NOS. The Morgan fingerprint density at radius 1 is 1.29 bits per heavy atom. The number of nitrogens with zero attached hydrogens (tertiary/aromatic N) is 1. The largest absolute Gasteiger partial charge is 0.475 e. The second-order valence-corrected chi connectivity index (χ2v) is 7.04. The molecule has 0 spiro atoms. The van der Waals surface area contributed by atoms with E-state index in [1.807, 2.05) is 42.1 Å². The van der Waals surface area contributed by atoms with E-state index in [0.717, 1.165) is 17.2 Å². The first-order chi connectivity index (χ1) is 8.04. The average molecular weight is 249 g/mol. The monoisotopic (exact) mass is 249 g/mol. The van der Waals surface area contributed by atoms with E-state index < -0.39 is 0 Å². The third-order valence-electron chi connectivity index (χ3n) is 2.44. The Bertz CT molecular complexity index is 394. The molecule has 0 amide bonds. The second kappa shape index (κ2) is 5.13. The van der Waals surface area contributed by atoms with E-state index >= 15 is 0 Å². The molecule has 2 nitrogen and oxygen atoms in total. The number of aliphatic imine (C=N–C) groups is 1. The van der Waals surface area contributed by atoms with Crippen molar-refractivity contribution in [1.82, 2.24) is 0 Å². The summed E-state index contributed by atoms with van der Waals surface area (Å²) in [5, 5.41) is 0. The van der Waals surface area contributed by atoms with Gasteiger partial charge in [0.1, 0.15) is 6.61 Å². The van der Waals surface area contributed by atoms with E-state index in [4.69, 9.17) is 4.74 Å². The predicted octanol–water partition coefficient (Wildman–Crippen LogP) is 3.36. The van der Waals surface area contributed by atoms with Crippen molar-refractivity contribution >= 4 is 17.7 Å². The molecule has 92 valence electrons. The predicted molar refractivity (Wildman–Crippen MR) is 74.9 cm³/mol. The van der Waals surface area contributed by atoms with Crippen molar-refractivity contribution in [3.63, 3.8) is 0 Å². The molecule has 0 aliphatic carbocycles. The highest BCUT2D eigenvalue weighted by atomic mass is 32.2. The van der Waals surface area contributed by atoms with Crippen LogP contribution in [-0.2, 0) is 4.74 Å². The summed E-state index contributed by atoms with van der Waals surface area (Å²) in [6.07, 6.45) is 0. The Balaban J connectivity index is 1.95. The first kappa shape index (κ1) is 12.5. The summed E-state index contributed by atoms with van der Waals surface area (Å²) in [7, 11) is 0. The molecule has 1 aliphatic heterocycles. The third-order valence-corrected chi connectivity index (χ3v) is 3.86. The summed E-state index contributed by atoms with van der Waals surface area (Å²) in [6.45, 7) is 7.41. The van der Waals surface area contributed by atoms with Crippen LogP contribution in [0.4, 0.5) is 0 Å². The Morgan fingerprint density at radius 2 is 2.00 bits per heavy atom. The number of thioether (sulfide) groups is 1. The molecule has 0 fully saturated rings. The van der Waals surface area contributed by atoms with E-state index in [9.17, 15) is 0 Å². The Hall–Kier alpha value is -0.960. The molecule has 0 N–H and O–H groups in total. The van der Waals surface area contributed by atoms with Crippen LogP contribution < -0.4 is 0 Å². The zero-order valence-electron chi connectivity index (χ0n) is 10.6. The second-order valence-electron chi connectivity index (χ2n) is 5.19. The van der Waals surface area contributed by atoms with Crippen molar-refractivity contribution in [1.29, 1.82) is 0 Å². The molecular weight excluding hydrogens is 230 g/mol. The van der Waals surface area contributed by atoms with Crippen LogP contribution in [0.2, 0.25) is 0 Å². The fourth-order valence-corrected chi connectivity index (χ4v) is 2.45. The van der Waals surface area contributed by atoms with Crippen molar-refractivity contribution in [2.45, 2.75) is 31.6 Å². The minimum atomic E-state index is 0.297. The van der Waals surface area contributed by atoms with Gasteiger partial charge in [0.15, 0.2) is 0 Å². The fourth-order valence-electron chi connectivity index (χ4n) is 1.59. The van der Waals surface area contributed by atoms with Crippen LogP contribution in [0.3, 0.4) is 0 Å². The number of hydrogen-bond acceptors (Lipinski definition) is 3. The lowest BCUT2D eigenvalue weighted by Crippen LogP contribution is -2.16. The normalized spacial score (nSPS) is 19.9. The van der Waals surface area contributed by atoms with Crippen molar-refractivity contribution in [3.8, 4) is 0 Å². The summed E-state index contributed by atoms with van der Waals surface area (Å²) >= 11 is 1.94. The Morgan fingerprint density at radius 3 is 2.65 bits per heavy atom. The van der Waals surface area contributed by atoms with E-state index in [1.165, 1.54) is 0 Å². The lowest BCUT2D eigenvalue weighted by Gasteiger charge is -2.18. The van der Waals surface area contributed by atoms with Gasteiger partial charge in [0.25, 0.3) is 0 Å². The van der Waals surface area contributed by atoms with Gasteiger partial charge in [0.05, 0.1) is 6.04 Å². The maximum Gasteiger partial charge on any atom is 0.216 e. The summed E-state index contributed by atoms with van der Waals surface area (Å²) in [4.78, 5) is 4.63. The molecule has 1 aliphatic rings. The van der Waals surface area contributed by atoms with Crippen LogP contribution in [0, 0.1) is 0 Å². The van der Waals surface area contributed by atoms with Crippen molar-refractivity contribution in [2.24, 2.45) is 4.99 Å². The van der Waals surface area contributed by atoms with Gasteiger partial charge < -0.3 is 4.74 Å². The van der Waals surface area contributed by atoms with Gasteiger partial charge in [-0.05, 0) is 12.1 Å². The quantitative estimate of drug-likeness (QED) is 0.819. The first-order valence-corrected chi connectivity index (χ1v) is 6.93. The van der Waals surface area contributed by atoms with Crippen LogP contribution in [0.15, 0.2) is 35.3 Å². The molecule has 0 bridgehead atoms. The maximum atomic E-state index is 5.65. The molecule has 0 saturated carbocycles. The molecule has 1 heterocycles. The number of ether oxygens (including phenoxy) is 1. The average Bonchev–Trinajstić information content (AvgIpc) is 2.75. The van der Waals surface area contributed by atoms with E-state index in [2.05, 4.69) is 25.8 Å². The Kier molecular flexibility index (Phi) is 3.77. The minimum absolute atomic E-state index is 0.297. The van der Waals surface area contributed by atoms with Gasteiger partial charge in [-0.15, -0.1) is 0 Å². The van der Waals surface area contributed by atoms with Crippen LogP contribution in [0.5, 0.6) is 0 Å². The Labute approximate surface area is 107 Å². The van der Waals surface area contributed by atoms with Crippen LogP contribution in [0.1, 0.15) is 26.3 Å². The highest BCUT2D eigenvalue weighted by Gasteiger charge is 2.22. The number of rotatable bonds is 3. The highest BCUT2D eigenvalue weighted by Crippen LogP contribution is 2.26. The molecule has 0 saturated heterocycles. The number of hydrogen-bond donors (Lipinski definition) is 0. The molecule has 1 aromatic carbocycles. The van der Waals surface area contributed by atoms with Crippen molar-refractivity contribution in [3.05, 3.63) is 35.9 Å². The SMILES string of the molecule is CC(C)(C)SC[C@H]1COC(c2ccccc2)=N1. The van der Waals surface area contributed by atoms with Gasteiger partial charge in [-0.1, -0.05) is 39.0 Å². The van der Waals surface area contributed by atoms with Crippen LogP contribution in [-0.4, -0.2) is 29.0 Å². The standard InChI is InChI=1S/C14H19NOS/c1-14(2,3)17-10-12-9-16-13(15-12)11-7-5-4-6-8-11/h4-8,12H,9-10H2,1-3H3/t12-/m1/s1. The minimum Gasteiger partial charge on any atom is -0.475 e. The maximum absolute atomic E-state index is 5.65. The lowest BCUT2D eigenvalue weighted by molar-refractivity contribution is 0.325. The van der Waals surface area contributed by atoms with E-state index in [1.54, 1.807) is 0 Å². The van der Waals surface area contributed by atoms with Crippen molar-refractivity contribution in [2.75, 3.05) is 12.4 Å². The summed E-state index contributed by atoms with van der Waals surface area (Å²) in [5.41, 5.74) is 1.08. The van der Waals surface area contributed by atoms with Gasteiger partial charge in [-0.25, -0.2) is 4.99 Å². The molecule has 1 aromatic rings. The third kappa shape index (κ3) is 3.77. The summed E-state index contributed by atoms with van der Waals surface area (Å²) in [6, 6.07) is 10.4. The molecule has 17 heavy (non-hydrogen) atoms. The molecule has 0 unspecified atom stereocenters. The first-order valence-electron chi connectivity index (χ1n) is 5.94. The topological polar surface area (TPSA) is 21.6 Å².